The molecule has 0 radical (unpaired) electrons. The van der Waals surface area contributed by atoms with Crippen LogP contribution < -0.4 is 10.6 Å². The van der Waals surface area contributed by atoms with Gasteiger partial charge in [0.15, 0.2) is 5.82 Å². The van der Waals surface area contributed by atoms with Crippen LogP contribution in [-0.2, 0) is 0 Å². The minimum absolute atomic E-state index is 0.291. The summed E-state index contributed by atoms with van der Waals surface area (Å²) in [5.41, 5.74) is 1.42. The number of H-pyrrole nitrogens is 1. The molecule has 0 amide bonds. The van der Waals surface area contributed by atoms with Crippen LogP contribution in [0.3, 0.4) is 0 Å². The summed E-state index contributed by atoms with van der Waals surface area (Å²) in [6.07, 6.45) is 2.36. The minimum atomic E-state index is -0.622. The fourth-order valence-corrected chi connectivity index (χ4v) is 2.85. The van der Waals surface area contributed by atoms with Crippen molar-refractivity contribution in [2.75, 3.05) is 10.6 Å². The first-order valence-electron chi connectivity index (χ1n) is 8.74. The number of nitrogens with zero attached hydrogens (tertiary/aromatic N) is 4. The molecule has 2 heterocycles. The maximum atomic E-state index is 14.0. The molecule has 140 valence electrons. The second-order valence-corrected chi connectivity index (χ2v) is 6.67. The van der Waals surface area contributed by atoms with Crippen LogP contribution >= 0.6 is 0 Å². The molecule has 1 atom stereocenters. The fourth-order valence-electron chi connectivity index (χ4n) is 2.85. The summed E-state index contributed by atoms with van der Waals surface area (Å²) in [5.74, 6) is 1.09. The number of rotatable bonds is 6. The van der Waals surface area contributed by atoms with Crippen molar-refractivity contribution in [2.45, 2.75) is 38.6 Å². The van der Waals surface area contributed by atoms with Crippen molar-refractivity contribution in [1.29, 1.82) is 0 Å². The molecule has 7 nitrogen and oxygen atoms in total. The first-order valence-corrected chi connectivity index (χ1v) is 8.74. The minimum Gasteiger partial charge on any atom is -0.347 e. The van der Waals surface area contributed by atoms with Gasteiger partial charge in [-0.05, 0) is 32.8 Å². The second-order valence-electron chi connectivity index (χ2n) is 6.67. The predicted molar refractivity (Wildman–Crippen MR) is 96.8 cm³/mol. The monoisotopic (exact) mass is 371 g/mol. The molecule has 27 heavy (non-hydrogen) atoms. The summed E-state index contributed by atoms with van der Waals surface area (Å²) in [4.78, 5) is 12.8. The number of hydrogen-bond acceptors (Lipinski definition) is 6. The lowest BCUT2D eigenvalue weighted by molar-refractivity contribution is 0.566. The number of aryl methyl sites for hydroxylation is 1. The summed E-state index contributed by atoms with van der Waals surface area (Å²) in [6.45, 7) is 3.49. The lowest BCUT2D eigenvalue weighted by atomic mass is 10.1. The van der Waals surface area contributed by atoms with Crippen LogP contribution in [0.15, 0.2) is 24.3 Å². The van der Waals surface area contributed by atoms with E-state index < -0.39 is 17.7 Å². The highest BCUT2D eigenvalue weighted by Gasteiger charge is 2.25. The smallest absolute Gasteiger partial charge is 0.233 e. The van der Waals surface area contributed by atoms with Gasteiger partial charge in [0.05, 0.1) is 6.04 Å². The Bertz CT molecular complexity index is 968. The summed E-state index contributed by atoms with van der Waals surface area (Å²) >= 11 is 0. The van der Waals surface area contributed by atoms with Gasteiger partial charge < -0.3 is 10.6 Å². The molecular weight excluding hydrogens is 352 g/mol. The summed E-state index contributed by atoms with van der Waals surface area (Å²) < 4.78 is 27.1. The lowest BCUT2D eigenvalue weighted by Gasteiger charge is -2.15. The van der Waals surface area contributed by atoms with E-state index in [-0.39, 0.29) is 0 Å². The molecule has 0 saturated heterocycles. The van der Waals surface area contributed by atoms with Gasteiger partial charge in [0.1, 0.15) is 17.5 Å². The van der Waals surface area contributed by atoms with E-state index in [1.54, 1.807) is 13.8 Å². The number of nitrogens with one attached hydrogen (secondary N) is 3. The van der Waals surface area contributed by atoms with Gasteiger partial charge in [0.2, 0.25) is 11.9 Å². The van der Waals surface area contributed by atoms with Crippen molar-refractivity contribution < 1.29 is 8.78 Å². The quantitative estimate of drug-likeness (QED) is 0.607. The van der Waals surface area contributed by atoms with Crippen LogP contribution in [0.2, 0.25) is 0 Å². The standard InChI is InChI=1S/C18H19F2N7/c1-9(13-6-5-12(19)7-14(13)20)21-17-22-10(2)23-18(25-17)24-16-8-15(26-27-16)11-3-4-11/h5-9,11H,3-4H2,1-2H3,(H3,21,22,23,24,25,26,27)/t9-/m0/s1. The number of anilines is 3. The molecule has 0 aliphatic heterocycles. The summed E-state index contributed by atoms with van der Waals surface area (Å²) in [6, 6.07) is 4.97. The van der Waals surface area contributed by atoms with Gasteiger partial charge in [-0.1, -0.05) is 6.07 Å². The van der Waals surface area contributed by atoms with Crippen LogP contribution in [0.25, 0.3) is 0 Å². The molecule has 1 fully saturated rings. The molecule has 0 unspecified atom stereocenters. The Hall–Kier alpha value is -3.10. The molecule has 1 aliphatic rings. The molecule has 2 aromatic heterocycles. The molecule has 3 aromatic rings. The van der Waals surface area contributed by atoms with Crippen LogP contribution in [0.5, 0.6) is 0 Å². The zero-order valence-electron chi connectivity index (χ0n) is 14.9. The highest BCUT2D eigenvalue weighted by atomic mass is 19.1. The third-order valence-corrected chi connectivity index (χ3v) is 4.38. The molecule has 4 rings (SSSR count). The SMILES string of the molecule is Cc1nc(Nc2cc(C3CC3)[nH]n2)nc(N[C@@H](C)c2ccc(F)cc2F)n1. The van der Waals surface area contributed by atoms with E-state index in [4.69, 9.17) is 0 Å². The highest BCUT2D eigenvalue weighted by molar-refractivity contribution is 5.50. The Labute approximate surface area is 154 Å². The normalized spacial score (nSPS) is 14.8. The Morgan fingerprint density at radius 2 is 1.89 bits per heavy atom. The lowest BCUT2D eigenvalue weighted by Crippen LogP contribution is -2.13. The third-order valence-electron chi connectivity index (χ3n) is 4.38. The Morgan fingerprint density at radius 3 is 2.63 bits per heavy atom. The van der Waals surface area contributed by atoms with Gasteiger partial charge in [-0.25, -0.2) is 8.78 Å². The molecule has 1 saturated carbocycles. The Balaban J connectivity index is 1.50. The molecule has 1 aliphatic carbocycles. The van der Waals surface area contributed by atoms with Crippen molar-refractivity contribution >= 4 is 17.7 Å². The third kappa shape index (κ3) is 4.02. The maximum Gasteiger partial charge on any atom is 0.233 e. The largest absolute Gasteiger partial charge is 0.347 e. The van der Waals surface area contributed by atoms with E-state index in [0.717, 1.165) is 11.8 Å². The zero-order chi connectivity index (χ0) is 19.0. The number of halogens is 2. The fraction of sp³-hybridized carbons (Fsp3) is 0.333. The van der Waals surface area contributed by atoms with Crippen LogP contribution in [0, 0.1) is 18.6 Å². The summed E-state index contributed by atoms with van der Waals surface area (Å²) in [5, 5.41) is 13.3. The average molecular weight is 371 g/mol. The predicted octanol–water partition coefficient (Wildman–Crippen LogP) is 3.98. The molecular formula is C18H19F2N7. The van der Waals surface area contributed by atoms with Crippen molar-refractivity contribution in [3.05, 3.63) is 53.0 Å². The van der Waals surface area contributed by atoms with Crippen molar-refractivity contribution in [3.63, 3.8) is 0 Å². The number of aromatic amines is 1. The summed E-state index contributed by atoms with van der Waals surface area (Å²) in [7, 11) is 0. The number of hydrogen-bond donors (Lipinski definition) is 3. The second kappa shape index (κ2) is 6.90. The molecule has 0 bridgehead atoms. The van der Waals surface area contributed by atoms with E-state index in [2.05, 4.69) is 35.8 Å². The van der Waals surface area contributed by atoms with Crippen molar-refractivity contribution in [3.8, 4) is 0 Å². The van der Waals surface area contributed by atoms with Gasteiger partial charge >= 0.3 is 0 Å². The van der Waals surface area contributed by atoms with Gasteiger partial charge in [-0.15, -0.1) is 0 Å². The van der Waals surface area contributed by atoms with E-state index in [0.29, 0.717) is 35.0 Å². The molecule has 1 aromatic carbocycles. The maximum absolute atomic E-state index is 14.0. The molecule has 0 spiro atoms. The zero-order valence-corrected chi connectivity index (χ0v) is 14.9. The molecule has 9 heteroatoms. The first-order chi connectivity index (χ1) is 13.0. The van der Waals surface area contributed by atoms with Crippen molar-refractivity contribution in [2.24, 2.45) is 0 Å². The van der Waals surface area contributed by atoms with Gasteiger partial charge in [-0.3, -0.25) is 5.10 Å². The van der Waals surface area contributed by atoms with E-state index >= 15 is 0 Å². The van der Waals surface area contributed by atoms with Crippen LogP contribution in [-0.4, -0.2) is 25.1 Å². The van der Waals surface area contributed by atoms with Crippen molar-refractivity contribution in [1.82, 2.24) is 25.1 Å². The van der Waals surface area contributed by atoms with Crippen LogP contribution in [0.4, 0.5) is 26.5 Å². The Morgan fingerprint density at radius 1 is 1.11 bits per heavy atom. The van der Waals surface area contributed by atoms with E-state index in [9.17, 15) is 8.78 Å². The molecule has 3 N–H and O–H groups in total. The Kier molecular flexibility index (Phi) is 4.43. The average Bonchev–Trinajstić information content (AvgIpc) is 3.34. The van der Waals surface area contributed by atoms with Gasteiger partial charge in [-0.2, -0.15) is 20.1 Å². The number of benzene rings is 1. The van der Waals surface area contributed by atoms with Crippen LogP contribution in [0.1, 0.15) is 48.8 Å². The highest BCUT2D eigenvalue weighted by Crippen LogP contribution is 2.39. The van der Waals surface area contributed by atoms with Gasteiger partial charge in [0, 0.05) is 29.3 Å². The van der Waals surface area contributed by atoms with E-state index in [1.165, 1.54) is 25.0 Å². The van der Waals surface area contributed by atoms with Gasteiger partial charge in [0.25, 0.3) is 0 Å². The topological polar surface area (TPSA) is 91.4 Å². The van der Waals surface area contributed by atoms with E-state index in [1.807, 2.05) is 6.07 Å². The first kappa shape index (κ1) is 17.3. The number of aromatic nitrogens is 5.